The molecule has 6 nitrogen and oxygen atoms in total. The van der Waals surface area contributed by atoms with E-state index in [-0.39, 0.29) is 12.2 Å². The lowest BCUT2D eigenvalue weighted by molar-refractivity contribution is -0.118. The first kappa shape index (κ1) is 20.6. The molecule has 0 saturated carbocycles. The minimum absolute atomic E-state index is 0.00585. The first-order chi connectivity index (χ1) is 12.7. The summed E-state index contributed by atoms with van der Waals surface area (Å²) in [7, 11) is -3.27. The summed E-state index contributed by atoms with van der Waals surface area (Å²) in [4.78, 5) is 25.2. The second-order valence-electron chi connectivity index (χ2n) is 6.55. The van der Waals surface area contributed by atoms with Gasteiger partial charge in [0.1, 0.15) is 15.9 Å². The number of anilines is 1. The van der Waals surface area contributed by atoms with Gasteiger partial charge in [-0.25, -0.2) is 8.42 Å². The maximum Gasteiger partial charge on any atom is 0.251 e. The lowest BCUT2D eigenvalue weighted by Gasteiger charge is -2.19. The van der Waals surface area contributed by atoms with E-state index in [1.165, 1.54) is 0 Å². The monoisotopic (exact) mass is 388 g/mol. The van der Waals surface area contributed by atoms with Crippen LogP contribution < -0.4 is 10.6 Å². The Morgan fingerprint density at radius 1 is 1.00 bits per heavy atom. The molecule has 0 spiro atoms. The molecule has 0 fully saturated rings. The van der Waals surface area contributed by atoms with Crippen molar-refractivity contribution in [3.63, 3.8) is 0 Å². The fourth-order valence-corrected chi connectivity index (χ4v) is 3.20. The van der Waals surface area contributed by atoms with Crippen molar-refractivity contribution in [1.29, 1.82) is 0 Å². The molecule has 0 saturated heterocycles. The zero-order chi connectivity index (χ0) is 20.0. The summed E-state index contributed by atoms with van der Waals surface area (Å²) in [5.74, 6) is -1.07. The molecule has 2 N–H and O–H groups in total. The number of aryl methyl sites for hydroxylation is 1. The van der Waals surface area contributed by atoms with Crippen molar-refractivity contribution >= 4 is 27.3 Å². The molecule has 144 valence electrons. The van der Waals surface area contributed by atoms with E-state index in [2.05, 4.69) is 10.6 Å². The molecule has 7 heteroatoms. The van der Waals surface area contributed by atoms with Crippen molar-refractivity contribution in [1.82, 2.24) is 5.32 Å². The molecule has 0 unspecified atom stereocenters. The van der Waals surface area contributed by atoms with E-state index in [1.54, 1.807) is 36.4 Å². The van der Waals surface area contributed by atoms with Crippen molar-refractivity contribution in [3.8, 4) is 0 Å². The third-order valence-electron chi connectivity index (χ3n) is 4.30. The number of nitrogens with one attached hydrogen (secondary N) is 2. The number of carbonyl (C=O) groups excluding carboxylic acids is 2. The SMILES string of the molecule is Cc1cccc(NC(=O)[C@@H](CCS(C)(=O)=O)NC(=O)c2ccccc2)c1C. The van der Waals surface area contributed by atoms with Gasteiger partial charge in [0, 0.05) is 17.5 Å². The van der Waals surface area contributed by atoms with E-state index in [4.69, 9.17) is 0 Å². The van der Waals surface area contributed by atoms with Gasteiger partial charge >= 0.3 is 0 Å². The Labute approximate surface area is 159 Å². The van der Waals surface area contributed by atoms with Crippen LogP contribution in [0.25, 0.3) is 0 Å². The molecule has 2 aromatic carbocycles. The molecule has 0 bridgehead atoms. The summed E-state index contributed by atoms with van der Waals surface area (Å²) in [6.45, 7) is 3.82. The smallest absolute Gasteiger partial charge is 0.251 e. The minimum atomic E-state index is -3.27. The van der Waals surface area contributed by atoms with Crippen molar-refractivity contribution in [3.05, 3.63) is 65.2 Å². The highest BCUT2D eigenvalue weighted by atomic mass is 32.2. The van der Waals surface area contributed by atoms with Crippen LogP contribution in [0.15, 0.2) is 48.5 Å². The normalized spacial score (nSPS) is 12.3. The average molecular weight is 388 g/mol. The van der Waals surface area contributed by atoms with Crippen LogP contribution in [-0.2, 0) is 14.6 Å². The van der Waals surface area contributed by atoms with Gasteiger partial charge in [0.2, 0.25) is 5.91 Å². The van der Waals surface area contributed by atoms with Crippen LogP contribution in [0.5, 0.6) is 0 Å². The minimum Gasteiger partial charge on any atom is -0.340 e. The standard InChI is InChI=1S/C20H24N2O4S/c1-14-8-7-11-17(15(14)2)21-20(24)18(12-13-27(3,25)26)22-19(23)16-9-5-4-6-10-16/h4-11,18H,12-13H2,1-3H3,(H,21,24)(H,22,23)/t18-/m1/s1. The predicted molar refractivity (Wildman–Crippen MR) is 107 cm³/mol. The van der Waals surface area contributed by atoms with Gasteiger partial charge in [0.25, 0.3) is 5.91 Å². The molecule has 0 aliphatic rings. The summed E-state index contributed by atoms with van der Waals surface area (Å²) in [5, 5.41) is 5.44. The molecule has 2 rings (SSSR count). The van der Waals surface area contributed by atoms with Gasteiger partial charge in [-0.05, 0) is 49.6 Å². The first-order valence-corrected chi connectivity index (χ1v) is 10.6. The maximum atomic E-state index is 12.7. The van der Waals surface area contributed by atoms with Gasteiger partial charge in [-0.3, -0.25) is 9.59 Å². The fraction of sp³-hybridized carbons (Fsp3) is 0.300. The number of amides is 2. The van der Waals surface area contributed by atoms with E-state index < -0.39 is 27.7 Å². The van der Waals surface area contributed by atoms with Crippen LogP contribution in [0.1, 0.15) is 27.9 Å². The Hall–Kier alpha value is -2.67. The Balaban J connectivity index is 2.19. The van der Waals surface area contributed by atoms with E-state index >= 15 is 0 Å². The Bertz CT molecular complexity index is 924. The summed E-state index contributed by atoms with van der Waals surface area (Å²) in [6, 6.07) is 13.0. The molecular weight excluding hydrogens is 364 g/mol. The second-order valence-corrected chi connectivity index (χ2v) is 8.81. The largest absolute Gasteiger partial charge is 0.340 e. The zero-order valence-electron chi connectivity index (χ0n) is 15.7. The molecule has 0 heterocycles. The number of hydrogen-bond donors (Lipinski definition) is 2. The molecule has 1 atom stereocenters. The van der Waals surface area contributed by atoms with Gasteiger partial charge in [-0.2, -0.15) is 0 Å². The predicted octanol–water partition coefficient (Wildman–Crippen LogP) is 2.48. The van der Waals surface area contributed by atoms with Gasteiger partial charge in [0.15, 0.2) is 0 Å². The number of hydrogen-bond acceptors (Lipinski definition) is 4. The maximum absolute atomic E-state index is 12.7. The quantitative estimate of drug-likeness (QED) is 0.762. The van der Waals surface area contributed by atoms with Crippen molar-refractivity contribution < 1.29 is 18.0 Å². The third kappa shape index (κ3) is 6.21. The lowest BCUT2D eigenvalue weighted by atomic mass is 10.1. The summed E-state index contributed by atoms with van der Waals surface area (Å²) >= 11 is 0. The number of sulfone groups is 1. The average Bonchev–Trinajstić information content (AvgIpc) is 2.62. The van der Waals surface area contributed by atoms with E-state index in [1.807, 2.05) is 26.0 Å². The molecule has 0 aromatic heterocycles. The second kappa shape index (κ2) is 8.81. The summed E-state index contributed by atoms with van der Waals surface area (Å²) < 4.78 is 23.1. The number of benzene rings is 2. The molecule has 0 radical (unpaired) electrons. The first-order valence-electron chi connectivity index (χ1n) is 8.58. The highest BCUT2D eigenvalue weighted by Gasteiger charge is 2.23. The third-order valence-corrected chi connectivity index (χ3v) is 5.27. The molecule has 27 heavy (non-hydrogen) atoms. The molecule has 2 amide bonds. The highest BCUT2D eigenvalue weighted by Crippen LogP contribution is 2.18. The Kier molecular flexibility index (Phi) is 6.74. The van der Waals surface area contributed by atoms with Crippen molar-refractivity contribution in [2.24, 2.45) is 0 Å². The van der Waals surface area contributed by atoms with Crippen LogP contribution in [0.3, 0.4) is 0 Å². The van der Waals surface area contributed by atoms with Crippen LogP contribution in [-0.4, -0.2) is 38.3 Å². The van der Waals surface area contributed by atoms with Gasteiger partial charge < -0.3 is 10.6 Å². The molecule has 0 aliphatic heterocycles. The van der Waals surface area contributed by atoms with Crippen LogP contribution in [0.2, 0.25) is 0 Å². The molecule has 2 aromatic rings. The van der Waals surface area contributed by atoms with Crippen molar-refractivity contribution in [2.45, 2.75) is 26.3 Å². The summed E-state index contributed by atoms with van der Waals surface area (Å²) in [5.41, 5.74) is 2.98. The zero-order valence-corrected chi connectivity index (χ0v) is 16.5. The van der Waals surface area contributed by atoms with E-state index in [0.717, 1.165) is 17.4 Å². The molecule has 0 aliphatic carbocycles. The van der Waals surface area contributed by atoms with E-state index in [9.17, 15) is 18.0 Å². The lowest BCUT2D eigenvalue weighted by Crippen LogP contribution is -2.44. The van der Waals surface area contributed by atoms with Gasteiger partial charge in [-0.15, -0.1) is 0 Å². The van der Waals surface area contributed by atoms with Gasteiger partial charge in [-0.1, -0.05) is 30.3 Å². The number of rotatable bonds is 7. The Morgan fingerprint density at radius 2 is 1.67 bits per heavy atom. The highest BCUT2D eigenvalue weighted by molar-refractivity contribution is 7.90. The Morgan fingerprint density at radius 3 is 2.30 bits per heavy atom. The van der Waals surface area contributed by atoms with E-state index in [0.29, 0.717) is 11.3 Å². The van der Waals surface area contributed by atoms with Gasteiger partial charge in [0.05, 0.1) is 5.75 Å². The van der Waals surface area contributed by atoms with Crippen LogP contribution in [0.4, 0.5) is 5.69 Å². The van der Waals surface area contributed by atoms with Crippen molar-refractivity contribution in [2.75, 3.05) is 17.3 Å². The molecular formula is C20H24N2O4S. The topological polar surface area (TPSA) is 92.3 Å². The summed E-state index contributed by atoms with van der Waals surface area (Å²) in [6.07, 6.45) is 1.10. The van der Waals surface area contributed by atoms with Crippen LogP contribution >= 0.6 is 0 Å². The number of carbonyl (C=O) groups is 2. The fourth-order valence-electron chi connectivity index (χ4n) is 2.54. The van der Waals surface area contributed by atoms with Crippen LogP contribution in [0, 0.1) is 13.8 Å².